The fourth-order valence-electron chi connectivity index (χ4n) is 2.05. The fraction of sp³-hybridized carbons (Fsp3) is 0.417. The van der Waals surface area contributed by atoms with E-state index in [0.717, 1.165) is 36.8 Å². The zero-order chi connectivity index (χ0) is 13.8. The summed E-state index contributed by atoms with van der Waals surface area (Å²) in [5, 5.41) is 18.7. The summed E-state index contributed by atoms with van der Waals surface area (Å²) in [5.41, 5.74) is 1.69. The lowest BCUT2D eigenvalue weighted by molar-refractivity contribution is 0.401. The maximum absolute atomic E-state index is 8.75. The van der Waals surface area contributed by atoms with Crippen molar-refractivity contribution in [3.8, 4) is 0 Å². The minimum Gasteiger partial charge on any atom is -0.427 e. The molecule has 0 saturated heterocycles. The van der Waals surface area contributed by atoms with Gasteiger partial charge in [-0.25, -0.2) is 4.98 Å². The van der Waals surface area contributed by atoms with E-state index in [1.165, 1.54) is 0 Å². The maximum atomic E-state index is 8.75. The van der Waals surface area contributed by atoms with Crippen LogP contribution in [0.25, 0.3) is 11.0 Å². The maximum Gasteiger partial charge on any atom is 0.451 e. The Morgan fingerprint density at radius 1 is 1.16 bits per heavy atom. The molecule has 0 unspecified atom stereocenters. The van der Waals surface area contributed by atoms with Crippen molar-refractivity contribution in [1.82, 2.24) is 9.55 Å². The molecule has 0 atom stereocenters. The number of aryl methyl sites for hydroxylation is 1. The number of benzene rings is 1. The number of imidazole rings is 1. The molecule has 1 heterocycles. The Kier molecular flexibility index (Phi) is 5.10. The van der Waals surface area contributed by atoms with Gasteiger partial charge in [-0.15, -0.1) is 0 Å². The molecule has 4 nitrogen and oxygen atoms in total. The number of aromatic nitrogens is 2. The number of rotatable bonds is 6. The molecular formula is C12H15BCl2N2O2. The lowest BCUT2D eigenvalue weighted by atomic mass is 9.83. The summed E-state index contributed by atoms with van der Waals surface area (Å²) in [7, 11) is -1.20. The lowest BCUT2D eigenvalue weighted by Gasteiger charge is -2.05. The van der Waals surface area contributed by atoms with E-state index >= 15 is 0 Å². The van der Waals surface area contributed by atoms with E-state index in [9.17, 15) is 0 Å². The third-order valence-electron chi connectivity index (χ3n) is 3.01. The molecule has 0 aliphatic rings. The number of hydrogen-bond donors (Lipinski definition) is 2. The first-order chi connectivity index (χ1) is 9.08. The third-order valence-corrected chi connectivity index (χ3v) is 3.51. The van der Waals surface area contributed by atoms with Crippen LogP contribution < -0.4 is 0 Å². The topological polar surface area (TPSA) is 58.3 Å². The zero-order valence-corrected chi connectivity index (χ0v) is 11.9. The highest BCUT2D eigenvalue weighted by Gasteiger charge is 2.08. The average Bonchev–Trinajstić information content (AvgIpc) is 2.72. The van der Waals surface area contributed by atoms with Crippen molar-refractivity contribution in [2.24, 2.45) is 0 Å². The average molecular weight is 301 g/mol. The second-order valence-corrected chi connectivity index (χ2v) is 5.37. The Morgan fingerprint density at radius 3 is 2.68 bits per heavy atom. The monoisotopic (exact) mass is 300 g/mol. The fourth-order valence-corrected chi connectivity index (χ4v) is 2.58. The van der Waals surface area contributed by atoms with Crippen LogP contribution in [0.4, 0.5) is 0 Å². The Hall–Kier alpha value is -0.745. The summed E-state index contributed by atoms with van der Waals surface area (Å²) in [6.45, 7) is 0.814. The minimum atomic E-state index is -1.20. The van der Waals surface area contributed by atoms with Crippen molar-refractivity contribution < 1.29 is 10.0 Å². The molecule has 0 aliphatic heterocycles. The molecule has 19 heavy (non-hydrogen) atoms. The third kappa shape index (κ3) is 3.86. The summed E-state index contributed by atoms with van der Waals surface area (Å²) < 4.78 is 2.02. The van der Waals surface area contributed by atoms with Gasteiger partial charge in [0.1, 0.15) is 5.52 Å². The van der Waals surface area contributed by atoms with Gasteiger partial charge >= 0.3 is 7.12 Å². The lowest BCUT2D eigenvalue weighted by Crippen LogP contribution is -2.09. The van der Waals surface area contributed by atoms with Crippen LogP contribution >= 0.6 is 23.2 Å². The molecule has 0 aliphatic carbocycles. The quantitative estimate of drug-likeness (QED) is 0.637. The Labute approximate surface area is 122 Å². The Morgan fingerprint density at radius 2 is 1.95 bits per heavy atom. The molecule has 1 aromatic carbocycles. The molecule has 0 bridgehead atoms. The van der Waals surface area contributed by atoms with Crippen LogP contribution in [0.15, 0.2) is 18.5 Å². The highest BCUT2D eigenvalue weighted by atomic mass is 35.5. The van der Waals surface area contributed by atoms with Crippen molar-refractivity contribution in [2.45, 2.75) is 32.1 Å². The molecule has 0 radical (unpaired) electrons. The molecule has 1 aromatic heterocycles. The van der Waals surface area contributed by atoms with Crippen LogP contribution in [-0.2, 0) is 6.54 Å². The van der Waals surface area contributed by atoms with E-state index < -0.39 is 7.12 Å². The normalized spacial score (nSPS) is 11.2. The van der Waals surface area contributed by atoms with Crippen LogP contribution in [0.2, 0.25) is 16.4 Å². The van der Waals surface area contributed by atoms with Crippen molar-refractivity contribution in [2.75, 3.05) is 0 Å². The molecule has 2 aromatic rings. The van der Waals surface area contributed by atoms with Gasteiger partial charge in [0, 0.05) is 11.6 Å². The van der Waals surface area contributed by atoms with Crippen LogP contribution in [0.3, 0.4) is 0 Å². The van der Waals surface area contributed by atoms with E-state index in [1.807, 2.05) is 10.6 Å². The smallest absolute Gasteiger partial charge is 0.427 e. The van der Waals surface area contributed by atoms with E-state index in [2.05, 4.69) is 4.98 Å². The summed E-state index contributed by atoms with van der Waals surface area (Å²) in [6, 6.07) is 3.54. The molecule has 0 spiro atoms. The zero-order valence-electron chi connectivity index (χ0n) is 10.4. The summed E-state index contributed by atoms with van der Waals surface area (Å²) in [5.74, 6) is 0. The van der Waals surface area contributed by atoms with Gasteiger partial charge < -0.3 is 14.6 Å². The van der Waals surface area contributed by atoms with Crippen molar-refractivity contribution in [1.29, 1.82) is 0 Å². The molecule has 102 valence electrons. The molecule has 0 amide bonds. The van der Waals surface area contributed by atoms with Crippen LogP contribution in [-0.4, -0.2) is 26.7 Å². The Bertz CT molecular complexity index is 560. The van der Waals surface area contributed by atoms with E-state index in [0.29, 0.717) is 16.4 Å². The molecule has 7 heteroatoms. The van der Waals surface area contributed by atoms with Gasteiger partial charge in [0.15, 0.2) is 0 Å². The molecule has 0 fully saturated rings. The summed E-state index contributed by atoms with van der Waals surface area (Å²) in [4.78, 5) is 4.28. The molecule has 0 saturated carbocycles. The van der Waals surface area contributed by atoms with Gasteiger partial charge in [-0.05, 0) is 24.9 Å². The highest BCUT2D eigenvalue weighted by molar-refractivity contribution is 6.40. The van der Waals surface area contributed by atoms with Crippen LogP contribution in [0, 0.1) is 0 Å². The van der Waals surface area contributed by atoms with Gasteiger partial charge in [0.2, 0.25) is 0 Å². The first-order valence-corrected chi connectivity index (χ1v) is 6.99. The highest BCUT2D eigenvalue weighted by Crippen LogP contribution is 2.27. The predicted octanol–water partition coefficient (Wildman–Crippen LogP) is 2.99. The van der Waals surface area contributed by atoms with Crippen molar-refractivity contribution in [3.05, 3.63) is 28.5 Å². The van der Waals surface area contributed by atoms with E-state index in [4.69, 9.17) is 33.2 Å². The first kappa shape index (κ1) is 14.7. The summed E-state index contributed by atoms with van der Waals surface area (Å²) in [6.07, 6.45) is 4.86. The standard InChI is InChI=1S/C12H15BCl2N2O2/c14-9-6-10(15)12-11(7-9)17(8-16-12)5-3-1-2-4-13(18)19/h6-8,18-19H,1-5H2. The minimum absolute atomic E-state index is 0.419. The van der Waals surface area contributed by atoms with Gasteiger partial charge in [0.05, 0.1) is 16.9 Å². The SMILES string of the molecule is OB(O)CCCCCn1cnc2c(Cl)cc(Cl)cc21. The van der Waals surface area contributed by atoms with Crippen molar-refractivity contribution in [3.63, 3.8) is 0 Å². The van der Waals surface area contributed by atoms with Gasteiger partial charge in [-0.2, -0.15) is 0 Å². The molecule has 2 N–H and O–H groups in total. The number of nitrogens with zero attached hydrogens (tertiary/aromatic N) is 2. The van der Waals surface area contributed by atoms with Crippen molar-refractivity contribution >= 4 is 41.4 Å². The number of unbranched alkanes of at least 4 members (excludes halogenated alkanes) is 2. The van der Waals surface area contributed by atoms with E-state index in [1.54, 1.807) is 12.4 Å². The number of halogens is 2. The first-order valence-electron chi connectivity index (χ1n) is 6.24. The van der Waals surface area contributed by atoms with Crippen LogP contribution in [0.5, 0.6) is 0 Å². The molecular weight excluding hydrogens is 286 g/mol. The summed E-state index contributed by atoms with van der Waals surface area (Å²) >= 11 is 12.1. The largest absolute Gasteiger partial charge is 0.451 e. The Balaban J connectivity index is 1.98. The second-order valence-electron chi connectivity index (χ2n) is 4.52. The van der Waals surface area contributed by atoms with Gasteiger partial charge in [0.25, 0.3) is 0 Å². The van der Waals surface area contributed by atoms with Gasteiger partial charge in [-0.3, -0.25) is 0 Å². The number of hydrogen-bond acceptors (Lipinski definition) is 3. The van der Waals surface area contributed by atoms with E-state index in [-0.39, 0.29) is 0 Å². The molecule has 2 rings (SSSR count). The number of fused-ring (bicyclic) bond motifs is 1. The van der Waals surface area contributed by atoms with Gasteiger partial charge in [-0.1, -0.05) is 36.0 Å². The predicted molar refractivity (Wildman–Crippen MR) is 78.6 cm³/mol. The second kappa shape index (κ2) is 6.61. The van der Waals surface area contributed by atoms with Crippen LogP contribution in [0.1, 0.15) is 19.3 Å².